The Kier molecular flexibility index (Phi) is 4.90. The highest BCUT2D eigenvalue weighted by Gasteiger charge is 2.10. The number of likely N-dealkylation sites (N-methyl/N-ethyl adjacent to an activating group) is 1. The van der Waals surface area contributed by atoms with Crippen LogP contribution < -0.4 is 5.32 Å². The second-order valence-electron chi connectivity index (χ2n) is 4.48. The van der Waals surface area contributed by atoms with Crippen LogP contribution in [0.3, 0.4) is 0 Å². The third-order valence-electron chi connectivity index (χ3n) is 3.13. The summed E-state index contributed by atoms with van der Waals surface area (Å²) < 4.78 is 0. The Morgan fingerprint density at radius 2 is 2.06 bits per heavy atom. The molecule has 0 aromatic carbocycles. The van der Waals surface area contributed by atoms with E-state index in [0.29, 0.717) is 6.04 Å². The maximum Gasteiger partial charge on any atom is 0.0300 e. The van der Waals surface area contributed by atoms with E-state index in [9.17, 15) is 0 Å². The number of pyridine rings is 1. The van der Waals surface area contributed by atoms with Crippen LogP contribution in [-0.2, 0) is 19.3 Å². The van der Waals surface area contributed by atoms with Crippen molar-refractivity contribution in [1.82, 2.24) is 10.3 Å². The standard InChI is InChI=1S/C15H20N2S/c1-3-14-6-7-15(18-14)10-13(16-2)9-12-5-4-8-17-11-12/h4-8,11,13,16H,3,9-10H2,1-2H3. The van der Waals surface area contributed by atoms with Crippen LogP contribution in [-0.4, -0.2) is 18.1 Å². The zero-order valence-electron chi connectivity index (χ0n) is 11.0. The maximum absolute atomic E-state index is 4.17. The average molecular weight is 260 g/mol. The smallest absolute Gasteiger partial charge is 0.0300 e. The second-order valence-corrected chi connectivity index (χ2v) is 5.73. The Morgan fingerprint density at radius 3 is 2.67 bits per heavy atom. The molecule has 3 heteroatoms. The summed E-state index contributed by atoms with van der Waals surface area (Å²) in [5, 5.41) is 3.41. The first-order valence-electron chi connectivity index (χ1n) is 6.45. The molecule has 0 saturated carbocycles. The van der Waals surface area contributed by atoms with Gasteiger partial charge in [-0.15, -0.1) is 11.3 Å². The van der Waals surface area contributed by atoms with Gasteiger partial charge in [-0.3, -0.25) is 4.98 Å². The average Bonchev–Trinajstić information content (AvgIpc) is 2.87. The fraction of sp³-hybridized carbons (Fsp3) is 0.400. The van der Waals surface area contributed by atoms with Gasteiger partial charge >= 0.3 is 0 Å². The van der Waals surface area contributed by atoms with Crippen molar-refractivity contribution in [3.8, 4) is 0 Å². The lowest BCUT2D eigenvalue weighted by Gasteiger charge is -2.15. The van der Waals surface area contributed by atoms with Crippen molar-refractivity contribution in [1.29, 1.82) is 0 Å². The van der Waals surface area contributed by atoms with Crippen LogP contribution in [0.1, 0.15) is 22.2 Å². The van der Waals surface area contributed by atoms with Gasteiger partial charge in [0.2, 0.25) is 0 Å². The lowest BCUT2D eigenvalue weighted by Crippen LogP contribution is -2.29. The Morgan fingerprint density at radius 1 is 1.22 bits per heavy atom. The fourth-order valence-electron chi connectivity index (χ4n) is 2.04. The molecule has 1 N–H and O–H groups in total. The zero-order valence-corrected chi connectivity index (χ0v) is 11.8. The minimum atomic E-state index is 0.484. The van der Waals surface area contributed by atoms with Gasteiger partial charge in [-0.2, -0.15) is 0 Å². The molecule has 2 aromatic rings. The van der Waals surface area contributed by atoms with Crippen LogP contribution in [0, 0.1) is 0 Å². The summed E-state index contributed by atoms with van der Waals surface area (Å²) in [4.78, 5) is 7.11. The van der Waals surface area contributed by atoms with E-state index in [4.69, 9.17) is 0 Å². The highest BCUT2D eigenvalue weighted by Crippen LogP contribution is 2.19. The predicted octanol–water partition coefficient (Wildman–Crippen LogP) is 3.08. The predicted molar refractivity (Wildman–Crippen MR) is 78.2 cm³/mol. The molecule has 0 spiro atoms. The summed E-state index contributed by atoms with van der Waals surface area (Å²) in [7, 11) is 2.04. The Balaban J connectivity index is 1.97. The largest absolute Gasteiger partial charge is 0.316 e. The molecule has 1 atom stereocenters. The van der Waals surface area contributed by atoms with E-state index in [1.54, 1.807) is 0 Å². The number of thiophene rings is 1. The second kappa shape index (κ2) is 6.66. The molecule has 0 bridgehead atoms. The topological polar surface area (TPSA) is 24.9 Å². The van der Waals surface area contributed by atoms with Crippen LogP contribution in [0.25, 0.3) is 0 Å². The van der Waals surface area contributed by atoms with Gasteiger partial charge in [0.05, 0.1) is 0 Å². The summed E-state index contributed by atoms with van der Waals surface area (Å²) in [6.07, 6.45) is 7.04. The van der Waals surface area contributed by atoms with Gasteiger partial charge in [-0.1, -0.05) is 13.0 Å². The van der Waals surface area contributed by atoms with E-state index >= 15 is 0 Å². The summed E-state index contributed by atoms with van der Waals surface area (Å²) in [6, 6.07) is 9.14. The number of aryl methyl sites for hydroxylation is 1. The van der Waals surface area contributed by atoms with E-state index in [0.717, 1.165) is 19.3 Å². The normalized spacial score (nSPS) is 12.6. The van der Waals surface area contributed by atoms with Crippen molar-refractivity contribution in [3.63, 3.8) is 0 Å². The van der Waals surface area contributed by atoms with Gasteiger partial charge in [-0.25, -0.2) is 0 Å². The number of nitrogens with one attached hydrogen (secondary N) is 1. The van der Waals surface area contributed by atoms with E-state index in [-0.39, 0.29) is 0 Å². The molecule has 0 aliphatic rings. The van der Waals surface area contributed by atoms with Crippen LogP contribution in [0.15, 0.2) is 36.7 Å². The van der Waals surface area contributed by atoms with Crippen molar-refractivity contribution in [3.05, 3.63) is 52.0 Å². The van der Waals surface area contributed by atoms with Gasteiger partial charge in [0.1, 0.15) is 0 Å². The molecule has 0 amide bonds. The highest BCUT2D eigenvalue weighted by molar-refractivity contribution is 7.11. The summed E-state index contributed by atoms with van der Waals surface area (Å²) >= 11 is 1.93. The van der Waals surface area contributed by atoms with Crippen LogP contribution in [0.4, 0.5) is 0 Å². The summed E-state index contributed by atoms with van der Waals surface area (Å²) in [5.74, 6) is 0. The molecule has 0 aliphatic carbocycles. The Hall–Kier alpha value is -1.19. The first-order valence-corrected chi connectivity index (χ1v) is 7.27. The van der Waals surface area contributed by atoms with E-state index in [1.807, 2.05) is 36.8 Å². The minimum Gasteiger partial charge on any atom is -0.316 e. The summed E-state index contributed by atoms with van der Waals surface area (Å²) in [5.41, 5.74) is 1.30. The maximum atomic E-state index is 4.17. The third kappa shape index (κ3) is 3.65. The van der Waals surface area contributed by atoms with Crippen molar-refractivity contribution >= 4 is 11.3 Å². The summed E-state index contributed by atoms with van der Waals surface area (Å²) in [6.45, 7) is 2.21. The van der Waals surface area contributed by atoms with Crippen LogP contribution >= 0.6 is 11.3 Å². The van der Waals surface area contributed by atoms with Crippen molar-refractivity contribution in [2.45, 2.75) is 32.2 Å². The quantitative estimate of drug-likeness (QED) is 0.863. The molecule has 96 valence electrons. The lowest BCUT2D eigenvalue weighted by atomic mass is 10.0. The van der Waals surface area contributed by atoms with Crippen molar-refractivity contribution in [2.75, 3.05) is 7.05 Å². The molecule has 0 aliphatic heterocycles. The monoisotopic (exact) mass is 260 g/mol. The number of hydrogen-bond donors (Lipinski definition) is 1. The van der Waals surface area contributed by atoms with Crippen molar-refractivity contribution in [2.24, 2.45) is 0 Å². The van der Waals surface area contributed by atoms with E-state index in [1.165, 1.54) is 15.3 Å². The molecule has 2 heterocycles. The van der Waals surface area contributed by atoms with Crippen LogP contribution in [0.2, 0.25) is 0 Å². The van der Waals surface area contributed by atoms with Gasteiger partial charge < -0.3 is 5.32 Å². The van der Waals surface area contributed by atoms with Gasteiger partial charge in [0.25, 0.3) is 0 Å². The van der Waals surface area contributed by atoms with Crippen molar-refractivity contribution < 1.29 is 0 Å². The van der Waals surface area contributed by atoms with E-state index in [2.05, 4.69) is 35.4 Å². The molecule has 0 fully saturated rings. The molecular weight excluding hydrogens is 240 g/mol. The fourth-order valence-corrected chi connectivity index (χ4v) is 3.08. The first-order chi connectivity index (χ1) is 8.81. The molecule has 0 radical (unpaired) electrons. The molecule has 2 aromatic heterocycles. The molecule has 2 nitrogen and oxygen atoms in total. The Bertz CT molecular complexity index is 464. The zero-order chi connectivity index (χ0) is 12.8. The van der Waals surface area contributed by atoms with Gasteiger partial charge in [-0.05, 0) is 50.1 Å². The lowest BCUT2D eigenvalue weighted by molar-refractivity contribution is 0.559. The number of aromatic nitrogens is 1. The van der Waals surface area contributed by atoms with Crippen LogP contribution in [0.5, 0.6) is 0 Å². The molecule has 18 heavy (non-hydrogen) atoms. The van der Waals surface area contributed by atoms with Gasteiger partial charge in [0.15, 0.2) is 0 Å². The molecule has 2 rings (SSSR count). The Labute approximate surface area is 113 Å². The molecule has 1 unspecified atom stereocenters. The number of nitrogens with zero attached hydrogens (tertiary/aromatic N) is 1. The SMILES string of the molecule is CCc1ccc(CC(Cc2cccnc2)NC)s1. The third-order valence-corrected chi connectivity index (χ3v) is 4.38. The minimum absolute atomic E-state index is 0.484. The number of rotatable bonds is 6. The number of hydrogen-bond acceptors (Lipinski definition) is 3. The van der Waals surface area contributed by atoms with Gasteiger partial charge in [0, 0.05) is 28.2 Å². The first kappa shape index (κ1) is 13.2. The molecular formula is C15H20N2S. The molecule has 0 saturated heterocycles. The van der Waals surface area contributed by atoms with E-state index < -0.39 is 0 Å². The highest BCUT2D eigenvalue weighted by atomic mass is 32.1.